The van der Waals surface area contributed by atoms with Crippen LogP contribution in [0.25, 0.3) is 11.3 Å². The van der Waals surface area contributed by atoms with Crippen LogP contribution in [0.2, 0.25) is 0 Å². The van der Waals surface area contributed by atoms with Gasteiger partial charge in [-0.05, 0) is 44.7 Å². The number of ether oxygens (including phenoxy) is 3. The van der Waals surface area contributed by atoms with E-state index in [0.29, 0.717) is 57.2 Å². The SMILES string of the molecule is CCOC(=O)C1CCN(C(=O)CCN(C[C@@H]2CCCO2)C(=O)c2cc(-c3cccc(OC)c3)on2)CC1. The molecule has 0 bridgehead atoms. The van der Waals surface area contributed by atoms with Gasteiger partial charge in [0.1, 0.15) is 5.75 Å². The zero-order valence-electron chi connectivity index (χ0n) is 21.5. The number of piperidine rings is 1. The van der Waals surface area contributed by atoms with Crippen molar-refractivity contribution in [2.24, 2.45) is 5.92 Å². The number of benzene rings is 1. The van der Waals surface area contributed by atoms with Gasteiger partial charge in [-0.2, -0.15) is 0 Å². The molecule has 0 unspecified atom stereocenters. The lowest BCUT2D eigenvalue weighted by Gasteiger charge is -2.32. The molecule has 37 heavy (non-hydrogen) atoms. The van der Waals surface area contributed by atoms with Crippen LogP contribution in [0, 0.1) is 5.92 Å². The molecule has 0 spiro atoms. The summed E-state index contributed by atoms with van der Waals surface area (Å²) in [6.45, 7) is 4.47. The fourth-order valence-corrected chi connectivity index (χ4v) is 4.77. The number of nitrogens with zero attached hydrogens (tertiary/aromatic N) is 3. The van der Waals surface area contributed by atoms with Crippen LogP contribution < -0.4 is 4.74 Å². The van der Waals surface area contributed by atoms with Crippen molar-refractivity contribution in [3.63, 3.8) is 0 Å². The molecule has 2 fully saturated rings. The number of aromatic nitrogens is 1. The van der Waals surface area contributed by atoms with Crippen molar-refractivity contribution in [2.45, 2.75) is 45.1 Å². The number of methoxy groups -OCH3 is 1. The molecule has 0 N–H and O–H groups in total. The van der Waals surface area contributed by atoms with Crippen molar-refractivity contribution < 1.29 is 33.1 Å². The average Bonchev–Trinajstić information content (AvgIpc) is 3.63. The van der Waals surface area contributed by atoms with Gasteiger partial charge in [0, 0.05) is 50.8 Å². The van der Waals surface area contributed by atoms with Gasteiger partial charge in [-0.3, -0.25) is 14.4 Å². The number of amides is 2. The molecule has 2 saturated heterocycles. The topological polar surface area (TPSA) is 111 Å². The second kappa shape index (κ2) is 12.7. The fourth-order valence-electron chi connectivity index (χ4n) is 4.77. The van der Waals surface area contributed by atoms with E-state index in [9.17, 15) is 14.4 Å². The zero-order chi connectivity index (χ0) is 26.2. The highest BCUT2D eigenvalue weighted by atomic mass is 16.5. The number of rotatable bonds is 10. The van der Waals surface area contributed by atoms with Crippen LogP contribution in [-0.4, -0.2) is 85.3 Å². The van der Waals surface area contributed by atoms with Crippen molar-refractivity contribution in [3.05, 3.63) is 36.0 Å². The third-order valence-electron chi connectivity index (χ3n) is 6.88. The minimum absolute atomic E-state index is 0.0373. The first-order valence-corrected chi connectivity index (χ1v) is 12.9. The van der Waals surface area contributed by atoms with E-state index in [-0.39, 0.29) is 48.5 Å². The number of carbonyl (C=O) groups excluding carboxylic acids is 3. The van der Waals surface area contributed by atoms with E-state index in [4.69, 9.17) is 18.7 Å². The van der Waals surface area contributed by atoms with Crippen LogP contribution in [0.1, 0.15) is 49.5 Å². The number of esters is 1. The Morgan fingerprint density at radius 1 is 1.16 bits per heavy atom. The second-order valence-electron chi connectivity index (χ2n) is 9.35. The highest BCUT2D eigenvalue weighted by Crippen LogP contribution is 2.25. The second-order valence-corrected chi connectivity index (χ2v) is 9.35. The third kappa shape index (κ3) is 6.88. The maximum Gasteiger partial charge on any atom is 0.309 e. The minimum Gasteiger partial charge on any atom is -0.497 e. The molecule has 2 aromatic rings. The Morgan fingerprint density at radius 3 is 2.68 bits per heavy atom. The summed E-state index contributed by atoms with van der Waals surface area (Å²) in [7, 11) is 1.58. The van der Waals surface area contributed by atoms with Crippen LogP contribution >= 0.6 is 0 Å². The highest BCUT2D eigenvalue weighted by Gasteiger charge is 2.30. The Hall–Kier alpha value is -3.40. The summed E-state index contributed by atoms with van der Waals surface area (Å²) in [5, 5.41) is 4.01. The summed E-state index contributed by atoms with van der Waals surface area (Å²) in [5.41, 5.74) is 0.927. The van der Waals surface area contributed by atoms with Gasteiger partial charge in [0.15, 0.2) is 11.5 Å². The summed E-state index contributed by atoms with van der Waals surface area (Å²) in [5.74, 6) is 0.440. The summed E-state index contributed by atoms with van der Waals surface area (Å²) in [4.78, 5) is 41.7. The van der Waals surface area contributed by atoms with Crippen molar-refractivity contribution in [1.82, 2.24) is 15.0 Å². The van der Waals surface area contributed by atoms with E-state index in [2.05, 4.69) is 5.16 Å². The molecule has 3 heterocycles. The Kier molecular flexibility index (Phi) is 9.16. The molecule has 10 heteroatoms. The van der Waals surface area contributed by atoms with Crippen molar-refractivity contribution in [2.75, 3.05) is 46.5 Å². The molecule has 4 rings (SSSR count). The minimum atomic E-state index is -0.304. The predicted octanol–water partition coefficient (Wildman–Crippen LogP) is 3.16. The number of hydrogen-bond acceptors (Lipinski definition) is 8. The van der Waals surface area contributed by atoms with Gasteiger partial charge in [-0.15, -0.1) is 0 Å². The molecule has 1 aromatic carbocycles. The molecule has 1 aromatic heterocycles. The number of likely N-dealkylation sites (tertiary alicyclic amines) is 1. The van der Waals surface area contributed by atoms with E-state index < -0.39 is 0 Å². The molecule has 10 nitrogen and oxygen atoms in total. The van der Waals surface area contributed by atoms with E-state index in [0.717, 1.165) is 18.4 Å². The summed E-state index contributed by atoms with van der Waals surface area (Å²) >= 11 is 0. The first kappa shape index (κ1) is 26.7. The Bertz CT molecular complexity index is 1070. The van der Waals surface area contributed by atoms with Gasteiger partial charge >= 0.3 is 5.97 Å². The first-order chi connectivity index (χ1) is 18.0. The van der Waals surface area contributed by atoms with Crippen LogP contribution in [0.4, 0.5) is 0 Å². The van der Waals surface area contributed by atoms with Crippen LogP contribution in [0.5, 0.6) is 5.75 Å². The molecule has 2 aliphatic heterocycles. The van der Waals surface area contributed by atoms with E-state index in [1.165, 1.54) is 0 Å². The Labute approximate surface area is 216 Å². The molecular formula is C27H35N3O7. The molecule has 200 valence electrons. The lowest BCUT2D eigenvalue weighted by atomic mass is 9.97. The molecule has 2 amide bonds. The Morgan fingerprint density at radius 2 is 1.97 bits per heavy atom. The maximum absolute atomic E-state index is 13.4. The fraction of sp³-hybridized carbons (Fsp3) is 0.556. The molecule has 1 atom stereocenters. The standard InChI is InChI=1S/C27H35N3O7/c1-3-35-27(33)19-9-12-29(13-10-19)25(31)11-14-30(18-22-8-5-15-36-22)26(32)23-17-24(37-28-23)20-6-4-7-21(16-20)34-2/h4,6-7,16-17,19,22H,3,5,8-15,18H2,1-2H3/t22-/m0/s1. The van der Waals surface area contributed by atoms with E-state index >= 15 is 0 Å². The highest BCUT2D eigenvalue weighted by molar-refractivity contribution is 5.93. The molecule has 0 saturated carbocycles. The number of hydrogen-bond donors (Lipinski definition) is 0. The quantitative estimate of drug-likeness (QED) is 0.446. The van der Waals surface area contributed by atoms with Gasteiger partial charge in [0.25, 0.3) is 5.91 Å². The first-order valence-electron chi connectivity index (χ1n) is 12.9. The summed E-state index contributed by atoms with van der Waals surface area (Å²) < 4.78 is 21.6. The molecular weight excluding hydrogens is 478 g/mol. The largest absolute Gasteiger partial charge is 0.497 e. The van der Waals surface area contributed by atoms with Gasteiger partial charge < -0.3 is 28.5 Å². The van der Waals surface area contributed by atoms with Crippen molar-refractivity contribution >= 4 is 17.8 Å². The third-order valence-corrected chi connectivity index (χ3v) is 6.88. The lowest BCUT2D eigenvalue weighted by molar-refractivity contribution is -0.151. The Balaban J connectivity index is 1.38. The normalized spacial score (nSPS) is 18.0. The average molecular weight is 514 g/mol. The van der Waals surface area contributed by atoms with Crippen LogP contribution in [-0.2, 0) is 19.1 Å². The van der Waals surface area contributed by atoms with E-state index in [1.54, 1.807) is 29.9 Å². The van der Waals surface area contributed by atoms with Crippen LogP contribution in [0.15, 0.2) is 34.9 Å². The van der Waals surface area contributed by atoms with E-state index in [1.807, 2.05) is 24.3 Å². The maximum atomic E-state index is 13.4. The van der Waals surface area contributed by atoms with Gasteiger partial charge in [-0.1, -0.05) is 17.3 Å². The monoisotopic (exact) mass is 513 g/mol. The predicted molar refractivity (Wildman–Crippen MR) is 134 cm³/mol. The lowest BCUT2D eigenvalue weighted by Crippen LogP contribution is -2.43. The molecule has 0 radical (unpaired) electrons. The zero-order valence-corrected chi connectivity index (χ0v) is 21.5. The van der Waals surface area contributed by atoms with Gasteiger partial charge in [-0.25, -0.2) is 0 Å². The smallest absolute Gasteiger partial charge is 0.309 e. The molecule has 0 aliphatic carbocycles. The van der Waals surface area contributed by atoms with Crippen molar-refractivity contribution in [3.8, 4) is 17.1 Å². The summed E-state index contributed by atoms with van der Waals surface area (Å²) in [6, 6.07) is 8.93. The van der Waals surface area contributed by atoms with Gasteiger partial charge in [0.05, 0.1) is 25.7 Å². The molecule has 2 aliphatic rings. The number of carbonyl (C=O) groups is 3. The van der Waals surface area contributed by atoms with Gasteiger partial charge in [0.2, 0.25) is 5.91 Å². The summed E-state index contributed by atoms with van der Waals surface area (Å²) in [6.07, 6.45) is 3.12. The van der Waals surface area contributed by atoms with Crippen LogP contribution in [0.3, 0.4) is 0 Å². The van der Waals surface area contributed by atoms with Crippen molar-refractivity contribution in [1.29, 1.82) is 0 Å².